The van der Waals surface area contributed by atoms with Crippen LogP contribution in [0.5, 0.6) is 0 Å². The predicted octanol–water partition coefficient (Wildman–Crippen LogP) is 1.27. The summed E-state index contributed by atoms with van der Waals surface area (Å²) in [6, 6.07) is 10.6. The molecule has 0 aliphatic carbocycles. The zero-order valence-electron chi connectivity index (χ0n) is 16.3. The van der Waals surface area contributed by atoms with Crippen LogP contribution in [0.25, 0.3) is 0 Å². The van der Waals surface area contributed by atoms with Crippen LogP contribution < -0.4 is 10.2 Å². The third-order valence-corrected chi connectivity index (χ3v) is 7.21. The Morgan fingerprint density at radius 2 is 1.97 bits per heavy atom. The number of furan rings is 1. The quantitative estimate of drug-likeness (QED) is 0.713. The van der Waals surface area contributed by atoms with E-state index in [2.05, 4.69) is 5.32 Å². The number of para-hydroxylation sites is 1. The topological polar surface area (TPSA) is 117 Å². The second-order valence-corrected chi connectivity index (χ2v) is 9.81. The van der Waals surface area contributed by atoms with Crippen molar-refractivity contribution in [3.8, 4) is 0 Å². The SMILES string of the molecule is CC1(c2ccco2)NC(=O)N(CC(=O)N(c2ccccc2)C2CCS(=O)(=O)C2)C1=O. The number of nitrogens with zero attached hydrogens (tertiary/aromatic N) is 2. The molecule has 10 heteroatoms. The van der Waals surface area contributed by atoms with Crippen LogP contribution in [0, 0.1) is 0 Å². The van der Waals surface area contributed by atoms with Gasteiger partial charge in [-0.3, -0.25) is 14.5 Å². The average molecular weight is 431 g/mol. The summed E-state index contributed by atoms with van der Waals surface area (Å²) in [4.78, 5) is 40.9. The first-order valence-corrected chi connectivity index (χ1v) is 11.3. The Morgan fingerprint density at radius 3 is 2.57 bits per heavy atom. The lowest BCUT2D eigenvalue weighted by Gasteiger charge is -2.29. The highest BCUT2D eigenvalue weighted by Crippen LogP contribution is 2.30. The fourth-order valence-electron chi connectivity index (χ4n) is 3.91. The summed E-state index contributed by atoms with van der Waals surface area (Å²) in [7, 11) is -3.25. The number of imide groups is 1. The van der Waals surface area contributed by atoms with Crippen molar-refractivity contribution in [3.63, 3.8) is 0 Å². The van der Waals surface area contributed by atoms with Gasteiger partial charge in [0.2, 0.25) is 5.91 Å². The number of nitrogens with one attached hydrogen (secondary N) is 1. The minimum Gasteiger partial charge on any atom is -0.466 e. The molecule has 4 amide bonds. The Bertz CT molecular complexity index is 1080. The standard InChI is InChI=1S/C20H21N3O6S/c1-20(16-8-5-10-29-16)18(25)22(19(26)21-20)12-17(24)23(14-6-3-2-4-7-14)15-9-11-30(27,28)13-15/h2-8,10,15H,9,11-13H2,1H3,(H,21,26). The first kappa shape index (κ1) is 20.1. The van der Waals surface area contributed by atoms with Crippen molar-refractivity contribution in [1.29, 1.82) is 0 Å². The molecule has 1 aromatic heterocycles. The van der Waals surface area contributed by atoms with E-state index in [9.17, 15) is 22.8 Å². The molecule has 2 aliphatic rings. The summed E-state index contributed by atoms with van der Waals surface area (Å²) in [6.45, 7) is 1.00. The van der Waals surface area contributed by atoms with E-state index in [1.54, 1.807) is 42.5 Å². The van der Waals surface area contributed by atoms with Crippen molar-refractivity contribution in [1.82, 2.24) is 10.2 Å². The number of amides is 4. The molecule has 0 spiro atoms. The fourth-order valence-corrected chi connectivity index (χ4v) is 5.61. The van der Waals surface area contributed by atoms with Crippen LogP contribution in [0.4, 0.5) is 10.5 Å². The summed E-state index contributed by atoms with van der Waals surface area (Å²) in [5, 5.41) is 2.58. The molecule has 4 rings (SSSR count). The number of carbonyl (C=O) groups is 3. The molecular weight excluding hydrogens is 410 g/mol. The number of carbonyl (C=O) groups excluding carboxylic acids is 3. The first-order valence-electron chi connectivity index (χ1n) is 9.47. The monoisotopic (exact) mass is 431 g/mol. The summed E-state index contributed by atoms with van der Waals surface area (Å²) < 4.78 is 29.3. The van der Waals surface area contributed by atoms with Crippen LogP contribution in [0.1, 0.15) is 19.1 Å². The Kier molecular flexibility index (Phi) is 4.89. The van der Waals surface area contributed by atoms with Gasteiger partial charge in [0.15, 0.2) is 15.4 Å². The summed E-state index contributed by atoms with van der Waals surface area (Å²) in [6.07, 6.45) is 1.69. The highest BCUT2D eigenvalue weighted by atomic mass is 32.2. The molecule has 2 aromatic rings. The van der Waals surface area contributed by atoms with Gasteiger partial charge < -0.3 is 14.6 Å². The van der Waals surface area contributed by atoms with Crippen LogP contribution in [0.2, 0.25) is 0 Å². The van der Waals surface area contributed by atoms with Crippen molar-refractivity contribution < 1.29 is 27.2 Å². The van der Waals surface area contributed by atoms with Gasteiger partial charge in [0.1, 0.15) is 12.3 Å². The number of urea groups is 1. The minimum absolute atomic E-state index is 0.00598. The van der Waals surface area contributed by atoms with E-state index in [1.807, 2.05) is 0 Å². The molecule has 2 aliphatic heterocycles. The molecular formula is C20H21N3O6S. The van der Waals surface area contributed by atoms with Crippen molar-refractivity contribution >= 4 is 33.4 Å². The molecule has 2 atom stereocenters. The third kappa shape index (κ3) is 3.47. The maximum absolute atomic E-state index is 13.2. The number of benzene rings is 1. The van der Waals surface area contributed by atoms with Gasteiger partial charge in [-0.15, -0.1) is 0 Å². The molecule has 158 valence electrons. The van der Waals surface area contributed by atoms with Gasteiger partial charge in [0, 0.05) is 5.69 Å². The average Bonchev–Trinajstić information content (AvgIpc) is 3.40. The van der Waals surface area contributed by atoms with Crippen LogP contribution in [0.3, 0.4) is 0 Å². The van der Waals surface area contributed by atoms with E-state index in [4.69, 9.17) is 4.42 Å². The second kappa shape index (κ2) is 7.28. The molecule has 0 bridgehead atoms. The van der Waals surface area contributed by atoms with Gasteiger partial charge in [0.25, 0.3) is 5.91 Å². The summed E-state index contributed by atoms with van der Waals surface area (Å²) >= 11 is 0. The van der Waals surface area contributed by atoms with E-state index in [0.29, 0.717) is 12.1 Å². The fraction of sp³-hybridized carbons (Fsp3) is 0.350. The van der Waals surface area contributed by atoms with E-state index in [1.165, 1.54) is 18.1 Å². The summed E-state index contributed by atoms with van der Waals surface area (Å²) in [5.41, 5.74) is -0.889. The lowest BCUT2D eigenvalue weighted by atomic mass is 9.99. The Balaban J connectivity index is 1.60. The Hall–Kier alpha value is -3.14. The molecule has 0 radical (unpaired) electrons. The normalized spacial score (nSPS) is 25.4. The lowest BCUT2D eigenvalue weighted by Crippen LogP contribution is -2.48. The third-order valence-electron chi connectivity index (χ3n) is 5.46. The maximum atomic E-state index is 13.2. The van der Waals surface area contributed by atoms with Gasteiger partial charge in [-0.25, -0.2) is 13.2 Å². The van der Waals surface area contributed by atoms with Crippen LogP contribution in [0.15, 0.2) is 53.1 Å². The smallest absolute Gasteiger partial charge is 0.325 e. The molecule has 1 aromatic carbocycles. The first-order chi connectivity index (χ1) is 14.2. The van der Waals surface area contributed by atoms with Crippen molar-refractivity contribution in [2.75, 3.05) is 23.0 Å². The number of anilines is 1. The van der Waals surface area contributed by atoms with Crippen LogP contribution >= 0.6 is 0 Å². The van der Waals surface area contributed by atoms with Crippen LogP contribution in [-0.4, -0.2) is 55.3 Å². The molecule has 0 saturated carbocycles. The zero-order valence-corrected chi connectivity index (χ0v) is 17.1. The largest absolute Gasteiger partial charge is 0.466 e. The second-order valence-electron chi connectivity index (χ2n) is 7.58. The molecule has 30 heavy (non-hydrogen) atoms. The van der Waals surface area contributed by atoms with Gasteiger partial charge in [0.05, 0.1) is 23.8 Å². The molecule has 9 nitrogen and oxygen atoms in total. The Morgan fingerprint density at radius 1 is 1.23 bits per heavy atom. The molecule has 2 saturated heterocycles. The Labute approximate surface area is 173 Å². The summed E-state index contributed by atoms with van der Waals surface area (Å²) in [5.74, 6) is -1.04. The van der Waals surface area contributed by atoms with Crippen molar-refractivity contribution in [3.05, 3.63) is 54.5 Å². The maximum Gasteiger partial charge on any atom is 0.325 e. The van der Waals surface area contributed by atoms with Gasteiger partial charge >= 0.3 is 6.03 Å². The highest BCUT2D eigenvalue weighted by molar-refractivity contribution is 7.91. The van der Waals surface area contributed by atoms with Crippen molar-refractivity contribution in [2.45, 2.75) is 24.9 Å². The lowest BCUT2D eigenvalue weighted by molar-refractivity contribution is -0.134. The molecule has 2 unspecified atom stereocenters. The molecule has 3 heterocycles. The zero-order chi connectivity index (χ0) is 21.5. The van der Waals surface area contributed by atoms with E-state index < -0.39 is 45.8 Å². The number of hydrogen-bond donors (Lipinski definition) is 1. The molecule has 1 N–H and O–H groups in total. The number of rotatable bonds is 5. The van der Waals surface area contributed by atoms with Gasteiger partial charge in [-0.2, -0.15) is 0 Å². The number of hydrogen-bond acceptors (Lipinski definition) is 6. The predicted molar refractivity (Wildman–Crippen MR) is 107 cm³/mol. The minimum atomic E-state index is -3.25. The van der Waals surface area contributed by atoms with Crippen molar-refractivity contribution in [2.24, 2.45) is 0 Å². The van der Waals surface area contributed by atoms with E-state index in [-0.39, 0.29) is 17.3 Å². The van der Waals surface area contributed by atoms with E-state index >= 15 is 0 Å². The number of sulfone groups is 1. The van der Waals surface area contributed by atoms with Gasteiger partial charge in [-0.05, 0) is 37.6 Å². The van der Waals surface area contributed by atoms with Crippen LogP contribution in [-0.2, 0) is 25.0 Å². The van der Waals surface area contributed by atoms with Gasteiger partial charge in [-0.1, -0.05) is 18.2 Å². The molecule has 2 fully saturated rings. The van der Waals surface area contributed by atoms with E-state index in [0.717, 1.165) is 4.90 Å². The highest BCUT2D eigenvalue weighted by Gasteiger charge is 2.52.